The lowest BCUT2D eigenvalue weighted by Crippen LogP contribution is -2.20. The summed E-state index contributed by atoms with van der Waals surface area (Å²) in [5, 5.41) is 4.20. The molecule has 2 rings (SSSR count). The number of rotatable bonds is 7. The van der Waals surface area contributed by atoms with E-state index < -0.39 is 5.91 Å². The summed E-state index contributed by atoms with van der Waals surface area (Å²) in [5.74, 6) is 1.48. The fourth-order valence-electron chi connectivity index (χ4n) is 2.58. The molecule has 7 nitrogen and oxygen atoms in total. The summed E-state index contributed by atoms with van der Waals surface area (Å²) >= 11 is 0. The van der Waals surface area contributed by atoms with Crippen molar-refractivity contribution in [1.29, 1.82) is 0 Å². The van der Waals surface area contributed by atoms with Gasteiger partial charge in [-0.05, 0) is 38.1 Å². The number of carbonyl (C=O) groups is 1. The van der Waals surface area contributed by atoms with Crippen LogP contribution in [0.25, 0.3) is 0 Å². The van der Waals surface area contributed by atoms with Crippen molar-refractivity contribution in [2.75, 3.05) is 28.4 Å². The summed E-state index contributed by atoms with van der Waals surface area (Å²) in [6, 6.07) is 8.89. The molecule has 7 heteroatoms. The van der Waals surface area contributed by atoms with Gasteiger partial charge in [-0.3, -0.25) is 4.79 Å². The number of hydrogen-bond donors (Lipinski definition) is 1. The molecular formula is C20H24N2O5. The second kappa shape index (κ2) is 8.93. The second-order valence-electron chi connectivity index (χ2n) is 5.76. The molecule has 144 valence electrons. The average Bonchev–Trinajstić information content (AvgIpc) is 2.70. The summed E-state index contributed by atoms with van der Waals surface area (Å²) in [6.45, 7) is 3.78. The van der Waals surface area contributed by atoms with E-state index in [0.717, 1.165) is 11.1 Å². The first-order valence-corrected chi connectivity index (χ1v) is 8.24. The highest BCUT2D eigenvalue weighted by Crippen LogP contribution is 2.38. The summed E-state index contributed by atoms with van der Waals surface area (Å²) in [4.78, 5) is 12.5. The van der Waals surface area contributed by atoms with Gasteiger partial charge >= 0.3 is 0 Å². The molecule has 1 N–H and O–H groups in total. The summed E-state index contributed by atoms with van der Waals surface area (Å²) in [5.41, 5.74) is 5.38. The number of benzene rings is 2. The maximum Gasteiger partial charge on any atom is 0.271 e. The number of methoxy groups -OCH3 is 4. The Labute approximate surface area is 158 Å². The van der Waals surface area contributed by atoms with Crippen LogP contribution in [-0.4, -0.2) is 40.1 Å². The molecule has 0 aliphatic carbocycles. The Bertz CT molecular complexity index is 836. The van der Waals surface area contributed by atoms with Crippen molar-refractivity contribution in [2.24, 2.45) is 5.10 Å². The van der Waals surface area contributed by atoms with Crippen LogP contribution in [-0.2, 0) is 0 Å². The Morgan fingerprint density at radius 2 is 1.48 bits per heavy atom. The van der Waals surface area contributed by atoms with Gasteiger partial charge in [0.05, 0.1) is 34.2 Å². The van der Waals surface area contributed by atoms with E-state index in [-0.39, 0.29) is 0 Å². The first-order valence-electron chi connectivity index (χ1n) is 8.24. The van der Waals surface area contributed by atoms with Gasteiger partial charge in [-0.25, -0.2) is 5.43 Å². The van der Waals surface area contributed by atoms with Crippen molar-refractivity contribution in [2.45, 2.75) is 13.8 Å². The van der Waals surface area contributed by atoms with Crippen LogP contribution in [0.1, 0.15) is 28.4 Å². The van der Waals surface area contributed by atoms with Gasteiger partial charge in [-0.2, -0.15) is 5.10 Å². The predicted molar refractivity (Wildman–Crippen MR) is 104 cm³/mol. The highest BCUT2D eigenvalue weighted by molar-refractivity contribution is 6.03. The smallest absolute Gasteiger partial charge is 0.271 e. The van der Waals surface area contributed by atoms with Gasteiger partial charge in [-0.15, -0.1) is 0 Å². The molecule has 0 aliphatic heterocycles. The zero-order valence-electron chi connectivity index (χ0n) is 16.4. The lowest BCUT2D eigenvalue weighted by molar-refractivity contribution is 0.0954. The number of nitrogens with zero attached hydrogens (tertiary/aromatic N) is 1. The summed E-state index contributed by atoms with van der Waals surface area (Å²) in [7, 11) is 6.08. The fourth-order valence-corrected chi connectivity index (χ4v) is 2.58. The van der Waals surface area contributed by atoms with Crippen LogP contribution in [0, 0.1) is 6.92 Å². The van der Waals surface area contributed by atoms with Gasteiger partial charge in [0.2, 0.25) is 5.75 Å². The minimum atomic E-state index is -0.403. The molecule has 0 atom stereocenters. The molecule has 0 fully saturated rings. The predicted octanol–water partition coefficient (Wildman–Crippen LogP) is 3.18. The molecule has 0 radical (unpaired) electrons. The zero-order valence-corrected chi connectivity index (χ0v) is 16.4. The van der Waals surface area contributed by atoms with Crippen molar-refractivity contribution < 1.29 is 23.7 Å². The fraction of sp³-hybridized carbons (Fsp3) is 0.300. The maximum atomic E-state index is 12.5. The van der Waals surface area contributed by atoms with Crippen LogP contribution < -0.4 is 24.4 Å². The molecule has 0 aliphatic rings. The maximum absolute atomic E-state index is 12.5. The zero-order chi connectivity index (χ0) is 20.0. The van der Waals surface area contributed by atoms with Gasteiger partial charge < -0.3 is 18.9 Å². The van der Waals surface area contributed by atoms with Gasteiger partial charge in [0.1, 0.15) is 5.75 Å². The molecule has 0 saturated heterocycles. The molecular weight excluding hydrogens is 348 g/mol. The third kappa shape index (κ3) is 4.49. The minimum Gasteiger partial charge on any atom is -0.496 e. The topological polar surface area (TPSA) is 78.4 Å². The molecule has 27 heavy (non-hydrogen) atoms. The third-order valence-electron chi connectivity index (χ3n) is 4.00. The monoisotopic (exact) mass is 372 g/mol. The number of nitrogens with one attached hydrogen (secondary N) is 1. The van der Waals surface area contributed by atoms with Crippen molar-refractivity contribution in [3.8, 4) is 23.0 Å². The van der Waals surface area contributed by atoms with Gasteiger partial charge in [0, 0.05) is 11.1 Å². The number of carbonyl (C=O) groups excluding carboxylic acids is 1. The highest BCUT2D eigenvalue weighted by Gasteiger charge is 2.17. The van der Waals surface area contributed by atoms with E-state index in [9.17, 15) is 4.79 Å². The van der Waals surface area contributed by atoms with Crippen LogP contribution in [0.4, 0.5) is 0 Å². The molecule has 0 saturated carbocycles. The Kier molecular flexibility index (Phi) is 6.65. The standard InChI is InChI=1S/C20H24N2O5/c1-12-7-8-16(24-3)15(9-12)13(2)21-22-20(23)14-10-17(25-4)19(27-6)18(11-14)26-5/h7-11H,1-6H3,(H,22,23)/b21-13-. The normalized spacial score (nSPS) is 11.0. The Morgan fingerprint density at radius 3 is 2.00 bits per heavy atom. The van der Waals surface area contributed by atoms with Gasteiger partial charge in [0.15, 0.2) is 11.5 Å². The molecule has 1 amide bonds. The number of hydrogen-bond acceptors (Lipinski definition) is 6. The van der Waals surface area contributed by atoms with Crippen LogP contribution >= 0.6 is 0 Å². The first kappa shape index (κ1) is 20.1. The second-order valence-corrected chi connectivity index (χ2v) is 5.76. The quantitative estimate of drug-likeness (QED) is 0.597. The van der Waals surface area contributed by atoms with E-state index in [4.69, 9.17) is 18.9 Å². The van der Waals surface area contributed by atoms with Crippen LogP contribution in [0.15, 0.2) is 35.4 Å². The molecule has 2 aromatic carbocycles. The molecule has 0 bridgehead atoms. The largest absolute Gasteiger partial charge is 0.496 e. The van der Waals surface area contributed by atoms with Crippen molar-refractivity contribution in [1.82, 2.24) is 5.43 Å². The van der Waals surface area contributed by atoms with Crippen LogP contribution in [0.2, 0.25) is 0 Å². The third-order valence-corrected chi connectivity index (χ3v) is 4.00. The number of aryl methyl sites for hydroxylation is 1. The average molecular weight is 372 g/mol. The molecule has 0 unspecified atom stereocenters. The lowest BCUT2D eigenvalue weighted by Gasteiger charge is -2.13. The van der Waals surface area contributed by atoms with E-state index in [1.165, 1.54) is 21.3 Å². The van der Waals surface area contributed by atoms with Crippen molar-refractivity contribution >= 4 is 11.6 Å². The molecule has 2 aromatic rings. The minimum absolute atomic E-state index is 0.331. The summed E-state index contributed by atoms with van der Waals surface area (Å²) < 4.78 is 21.2. The van der Waals surface area contributed by atoms with Crippen molar-refractivity contribution in [3.05, 3.63) is 47.0 Å². The molecule has 0 spiro atoms. The van der Waals surface area contributed by atoms with E-state index >= 15 is 0 Å². The van der Waals surface area contributed by atoms with E-state index in [1.54, 1.807) is 26.2 Å². The number of hydrazone groups is 1. The SMILES string of the molecule is COc1ccc(C)cc1/C(C)=N\NC(=O)c1cc(OC)c(OC)c(OC)c1. The highest BCUT2D eigenvalue weighted by atomic mass is 16.5. The van der Waals surface area contributed by atoms with Crippen molar-refractivity contribution in [3.63, 3.8) is 0 Å². The Hall–Kier alpha value is -3.22. The first-order chi connectivity index (χ1) is 12.9. The van der Waals surface area contributed by atoms with E-state index in [0.29, 0.717) is 34.3 Å². The van der Waals surface area contributed by atoms with E-state index in [1.807, 2.05) is 25.1 Å². The van der Waals surface area contributed by atoms with E-state index in [2.05, 4.69) is 10.5 Å². The van der Waals surface area contributed by atoms with Crippen LogP contribution in [0.3, 0.4) is 0 Å². The Balaban J connectivity index is 2.30. The molecule has 0 aromatic heterocycles. The Morgan fingerprint density at radius 1 is 0.889 bits per heavy atom. The molecule has 0 heterocycles. The van der Waals surface area contributed by atoms with Crippen LogP contribution in [0.5, 0.6) is 23.0 Å². The number of amides is 1. The summed E-state index contributed by atoms with van der Waals surface area (Å²) in [6.07, 6.45) is 0. The number of ether oxygens (including phenoxy) is 4. The lowest BCUT2D eigenvalue weighted by atomic mass is 10.1. The van der Waals surface area contributed by atoms with Gasteiger partial charge in [0.25, 0.3) is 5.91 Å². The van der Waals surface area contributed by atoms with Gasteiger partial charge in [-0.1, -0.05) is 11.6 Å².